The molecule has 0 bridgehead atoms. The molecule has 88 valence electrons. The predicted octanol–water partition coefficient (Wildman–Crippen LogP) is 4.21. The Labute approximate surface area is 108 Å². The minimum Gasteiger partial charge on any atom is -0.205 e. The molecule has 0 saturated carbocycles. The van der Waals surface area contributed by atoms with Crippen LogP contribution in [0.3, 0.4) is 0 Å². The van der Waals surface area contributed by atoms with E-state index in [9.17, 15) is 4.39 Å². The molecule has 5 heteroatoms. The van der Waals surface area contributed by atoms with Gasteiger partial charge in [-0.3, -0.25) is 0 Å². The largest absolute Gasteiger partial charge is 0.205 e. The van der Waals surface area contributed by atoms with Gasteiger partial charge in [-0.15, -0.1) is 10.2 Å². The quantitative estimate of drug-likeness (QED) is 0.776. The van der Waals surface area contributed by atoms with Crippen molar-refractivity contribution in [3.05, 3.63) is 45.3 Å². The molecule has 0 aliphatic heterocycles. The van der Waals surface area contributed by atoms with E-state index in [1.54, 1.807) is 6.07 Å². The van der Waals surface area contributed by atoms with E-state index in [1.807, 2.05) is 13.8 Å². The molecule has 0 radical (unpaired) electrons. The van der Waals surface area contributed by atoms with E-state index in [0.717, 1.165) is 16.7 Å². The average molecular weight is 271 g/mol. The topological polar surface area (TPSA) is 25.8 Å². The lowest BCUT2D eigenvalue weighted by atomic mass is 10.0. The van der Waals surface area contributed by atoms with Crippen molar-refractivity contribution in [3.63, 3.8) is 0 Å². The summed E-state index contributed by atoms with van der Waals surface area (Å²) in [7, 11) is 0. The first-order chi connectivity index (χ1) is 8.00. The number of hydrogen-bond acceptors (Lipinski definition) is 2. The Hall–Kier alpha value is -1.19. The van der Waals surface area contributed by atoms with E-state index >= 15 is 0 Å². The fourth-order valence-corrected chi connectivity index (χ4v) is 1.85. The highest BCUT2D eigenvalue weighted by Gasteiger charge is 2.11. The molecule has 2 rings (SSSR count). The third-order valence-corrected chi connectivity index (χ3v) is 3.31. The highest BCUT2D eigenvalue weighted by molar-refractivity contribution is 6.31. The smallest absolute Gasteiger partial charge is 0.154 e. The molecule has 1 aromatic heterocycles. The number of aromatic nitrogens is 2. The molecule has 1 aromatic carbocycles. The van der Waals surface area contributed by atoms with E-state index in [0.29, 0.717) is 10.8 Å². The lowest BCUT2D eigenvalue weighted by Crippen LogP contribution is -1.96. The average Bonchev–Trinajstić information content (AvgIpc) is 2.30. The van der Waals surface area contributed by atoms with Crippen molar-refractivity contribution in [2.24, 2.45) is 0 Å². The zero-order valence-corrected chi connectivity index (χ0v) is 10.8. The third kappa shape index (κ3) is 2.26. The van der Waals surface area contributed by atoms with E-state index in [1.165, 1.54) is 12.1 Å². The number of benzene rings is 1. The summed E-state index contributed by atoms with van der Waals surface area (Å²) in [4.78, 5) is 0. The van der Waals surface area contributed by atoms with Gasteiger partial charge in [0.05, 0.1) is 10.7 Å². The predicted molar refractivity (Wildman–Crippen MR) is 66.9 cm³/mol. The van der Waals surface area contributed by atoms with Gasteiger partial charge in [0.15, 0.2) is 5.15 Å². The molecule has 2 aromatic rings. The zero-order valence-electron chi connectivity index (χ0n) is 9.26. The van der Waals surface area contributed by atoms with Crippen molar-refractivity contribution in [1.82, 2.24) is 10.2 Å². The van der Waals surface area contributed by atoms with Gasteiger partial charge in [0.2, 0.25) is 0 Å². The number of halogens is 3. The molecule has 0 unspecified atom stereocenters. The van der Waals surface area contributed by atoms with Gasteiger partial charge in [-0.05, 0) is 43.2 Å². The molecule has 0 amide bonds. The summed E-state index contributed by atoms with van der Waals surface area (Å²) in [6.07, 6.45) is 0. The molecule has 0 fully saturated rings. The highest BCUT2D eigenvalue weighted by atomic mass is 35.5. The first-order valence-electron chi connectivity index (χ1n) is 4.95. The van der Waals surface area contributed by atoms with Gasteiger partial charge in [0, 0.05) is 5.56 Å². The van der Waals surface area contributed by atoms with Gasteiger partial charge >= 0.3 is 0 Å². The molecule has 0 spiro atoms. The normalized spacial score (nSPS) is 10.6. The lowest BCUT2D eigenvalue weighted by molar-refractivity contribution is 0.628. The summed E-state index contributed by atoms with van der Waals surface area (Å²) < 4.78 is 13.1. The summed E-state index contributed by atoms with van der Waals surface area (Å²) in [5, 5.41) is 8.30. The molecule has 17 heavy (non-hydrogen) atoms. The summed E-state index contributed by atoms with van der Waals surface area (Å²) in [6, 6.07) is 4.45. The maximum Gasteiger partial charge on any atom is 0.154 e. The van der Waals surface area contributed by atoms with Crippen molar-refractivity contribution in [3.8, 4) is 11.3 Å². The Morgan fingerprint density at radius 1 is 1.06 bits per heavy atom. The molecule has 0 saturated heterocycles. The van der Waals surface area contributed by atoms with Gasteiger partial charge < -0.3 is 0 Å². The molecular formula is C12H9Cl2FN2. The van der Waals surface area contributed by atoms with Crippen molar-refractivity contribution < 1.29 is 4.39 Å². The minimum absolute atomic E-state index is 0.0660. The molecule has 0 aliphatic carbocycles. The van der Waals surface area contributed by atoms with Crippen LogP contribution in [-0.2, 0) is 0 Å². The van der Waals surface area contributed by atoms with E-state index in [-0.39, 0.29) is 5.02 Å². The maximum atomic E-state index is 13.1. The molecular weight excluding hydrogens is 262 g/mol. The van der Waals surface area contributed by atoms with Gasteiger partial charge in [-0.1, -0.05) is 23.2 Å². The standard InChI is InChI=1S/C12H9Cl2FN2/c1-6-7(2)12(14)17-16-11(6)8-3-4-10(15)9(13)5-8/h3-5H,1-2H3. The Balaban J connectivity index is 2.61. The first-order valence-corrected chi connectivity index (χ1v) is 5.71. The fraction of sp³-hybridized carbons (Fsp3) is 0.167. The van der Waals surface area contributed by atoms with Crippen LogP contribution in [0.4, 0.5) is 4.39 Å². The van der Waals surface area contributed by atoms with Crippen LogP contribution in [0.5, 0.6) is 0 Å². The van der Waals surface area contributed by atoms with Crippen LogP contribution in [0.1, 0.15) is 11.1 Å². The Kier molecular flexibility index (Phi) is 3.31. The Morgan fingerprint density at radius 2 is 1.76 bits per heavy atom. The number of hydrogen-bond donors (Lipinski definition) is 0. The SMILES string of the molecule is Cc1c(Cl)nnc(-c2ccc(F)c(Cl)c2)c1C. The van der Waals surface area contributed by atoms with Crippen LogP contribution in [0.2, 0.25) is 10.2 Å². The zero-order chi connectivity index (χ0) is 12.6. The summed E-state index contributed by atoms with van der Waals surface area (Å²) >= 11 is 11.6. The van der Waals surface area contributed by atoms with Crippen LogP contribution >= 0.6 is 23.2 Å². The van der Waals surface area contributed by atoms with Crippen LogP contribution < -0.4 is 0 Å². The monoisotopic (exact) mass is 270 g/mol. The maximum absolute atomic E-state index is 13.1. The van der Waals surface area contributed by atoms with Gasteiger partial charge in [0.1, 0.15) is 5.82 Å². The van der Waals surface area contributed by atoms with Crippen molar-refractivity contribution in [2.75, 3.05) is 0 Å². The summed E-state index contributed by atoms with van der Waals surface area (Å²) in [5.74, 6) is -0.452. The third-order valence-electron chi connectivity index (χ3n) is 2.66. The van der Waals surface area contributed by atoms with E-state index in [2.05, 4.69) is 10.2 Å². The summed E-state index contributed by atoms with van der Waals surface area (Å²) in [5.41, 5.74) is 3.15. The van der Waals surface area contributed by atoms with E-state index in [4.69, 9.17) is 23.2 Å². The van der Waals surface area contributed by atoms with Crippen molar-refractivity contribution in [1.29, 1.82) is 0 Å². The minimum atomic E-state index is -0.452. The van der Waals surface area contributed by atoms with Crippen LogP contribution in [0, 0.1) is 19.7 Å². The second-order valence-corrected chi connectivity index (χ2v) is 4.48. The van der Waals surface area contributed by atoms with Gasteiger partial charge in [0.25, 0.3) is 0 Å². The number of rotatable bonds is 1. The fourth-order valence-electron chi connectivity index (χ4n) is 1.49. The van der Waals surface area contributed by atoms with Crippen LogP contribution in [0.15, 0.2) is 18.2 Å². The van der Waals surface area contributed by atoms with Crippen LogP contribution in [-0.4, -0.2) is 10.2 Å². The van der Waals surface area contributed by atoms with Gasteiger partial charge in [-0.25, -0.2) is 4.39 Å². The molecule has 0 N–H and O–H groups in total. The lowest BCUT2D eigenvalue weighted by Gasteiger charge is -2.08. The second-order valence-electron chi connectivity index (χ2n) is 3.72. The molecule has 0 aliphatic rings. The second kappa shape index (κ2) is 4.59. The van der Waals surface area contributed by atoms with Crippen molar-refractivity contribution in [2.45, 2.75) is 13.8 Å². The molecule has 2 nitrogen and oxygen atoms in total. The Bertz CT molecular complexity index is 585. The first kappa shape index (κ1) is 12.3. The van der Waals surface area contributed by atoms with E-state index < -0.39 is 5.82 Å². The summed E-state index contributed by atoms with van der Waals surface area (Å²) in [6.45, 7) is 3.75. The van der Waals surface area contributed by atoms with Gasteiger partial charge in [-0.2, -0.15) is 0 Å². The molecule has 0 atom stereocenters. The van der Waals surface area contributed by atoms with Crippen LogP contribution in [0.25, 0.3) is 11.3 Å². The highest BCUT2D eigenvalue weighted by Crippen LogP contribution is 2.28. The molecule has 1 heterocycles. The Morgan fingerprint density at radius 3 is 2.41 bits per heavy atom. The van der Waals surface area contributed by atoms with Crippen molar-refractivity contribution >= 4 is 23.2 Å². The number of nitrogens with zero attached hydrogens (tertiary/aromatic N) is 2.